The Kier molecular flexibility index (Phi) is 10.1. The fraction of sp³-hybridized carbons (Fsp3) is 0.476. The average molecular weight is 515 g/mol. The third kappa shape index (κ3) is 7.43. The summed E-state index contributed by atoms with van der Waals surface area (Å²) in [5.41, 5.74) is 0.872. The van der Waals surface area contributed by atoms with Crippen LogP contribution in [0, 0.1) is 0 Å². The van der Waals surface area contributed by atoms with Gasteiger partial charge in [-0.15, -0.1) is 24.0 Å². The summed E-state index contributed by atoms with van der Waals surface area (Å²) >= 11 is 0. The van der Waals surface area contributed by atoms with Crippen LogP contribution < -0.4 is 20.1 Å². The second-order valence-corrected chi connectivity index (χ2v) is 6.50. The lowest BCUT2D eigenvalue weighted by Gasteiger charge is -2.15. The first-order chi connectivity index (χ1) is 13.8. The number of nitrogens with one attached hydrogen (secondary N) is 2. The van der Waals surface area contributed by atoms with E-state index in [4.69, 9.17) is 23.6 Å². The largest absolute Gasteiger partial charge is 0.493 e. The van der Waals surface area contributed by atoms with Gasteiger partial charge in [0.25, 0.3) is 0 Å². The Bertz CT molecular complexity index is 746. The van der Waals surface area contributed by atoms with E-state index in [1.165, 1.54) is 0 Å². The smallest absolute Gasteiger partial charge is 0.195 e. The Morgan fingerprint density at radius 1 is 1.28 bits per heavy atom. The molecule has 29 heavy (non-hydrogen) atoms. The molecule has 1 aliphatic heterocycles. The number of methoxy groups -OCH3 is 1. The summed E-state index contributed by atoms with van der Waals surface area (Å²) < 4.78 is 22.1. The number of rotatable bonds is 9. The number of nitrogens with zero attached hydrogens (tertiary/aromatic N) is 1. The maximum Gasteiger partial charge on any atom is 0.195 e. The van der Waals surface area contributed by atoms with Crippen molar-refractivity contribution in [1.29, 1.82) is 0 Å². The monoisotopic (exact) mass is 515 g/mol. The number of aliphatic imine (C=N–C) groups is 1. The van der Waals surface area contributed by atoms with Gasteiger partial charge in [0.1, 0.15) is 5.76 Å². The van der Waals surface area contributed by atoms with Crippen LogP contribution in [0.2, 0.25) is 0 Å². The lowest BCUT2D eigenvalue weighted by atomic mass is 10.2. The molecule has 0 aliphatic carbocycles. The van der Waals surface area contributed by atoms with Crippen LogP contribution in [0.25, 0.3) is 0 Å². The summed E-state index contributed by atoms with van der Waals surface area (Å²) in [6, 6.07) is 9.61. The molecule has 8 heteroatoms. The molecule has 0 saturated carbocycles. The average Bonchev–Trinajstić information content (AvgIpc) is 3.41. The Morgan fingerprint density at radius 3 is 2.86 bits per heavy atom. The molecule has 3 rings (SSSR count). The predicted octanol–water partition coefficient (Wildman–Crippen LogP) is 4.08. The quantitative estimate of drug-likeness (QED) is 0.298. The third-order valence-electron chi connectivity index (χ3n) is 4.45. The summed E-state index contributed by atoms with van der Waals surface area (Å²) in [5, 5.41) is 6.70. The van der Waals surface area contributed by atoms with Crippen LogP contribution in [0.3, 0.4) is 0 Å². The number of ether oxygens (including phenoxy) is 3. The Hall–Kier alpha value is -1.94. The predicted molar refractivity (Wildman–Crippen MR) is 125 cm³/mol. The van der Waals surface area contributed by atoms with Crippen molar-refractivity contribution < 1.29 is 18.6 Å². The van der Waals surface area contributed by atoms with Gasteiger partial charge in [0.15, 0.2) is 17.5 Å². The number of furan rings is 1. The molecule has 0 amide bonds. The zero-order valence-corrected chi connectivity index (χ0v) is 19.3. The lowest BCUT2D eigenvalue weighted by Crippen LogP contribution is -2.33. The maximum absolute atomic E-state index is 5.68. The number of anilines is 1. The van der Waals surface area contributed by atoms with Crippen molar-refractivity contribution in [2.45, 2.75) is 32.3 Å². The van der Waals surface area contributed by atoms with Gasteiger partial charge in [-0.05, 0) is 44.0 Å². The molecule has 1 aromatic carbocycles. The summed E-state index contributed by atoms with van der Waals surface area (Å²) in [7, 11) is 1.63. The van der Waals surface area contributed by atoms with E-state index >= 15 is 0 Å². The van der Waals surface area contributed by atoms with Crippen molar-refractivity contribution >= 4 is 35.6 Å². The van der Waals surface area contributed by atoms with Crippen LogP contribution in [-0.4, -0.2) is 45.5 Å². The van der Waals surface area contributed by atoms with Crippen molar-refractivity contribution in [3.05, 3.63) is 42.4 Å². The highest BCUT2D eigenvalue weighted by Crippen LogP contribution is 2.30. The Labute approximate surface area is 189 Å². The molecule has 7 nitrogen and oxygen atoms in total. The van der Waals surface area contributed by atoms with Gasteiger partial charge in [-0.25, -0.2) is 0 Å². The van der Waals surface area contributed by atoms with Gasteiger partial charge in [0.2, 0.25) is 0 Å². The summed E-state index contributed by atoms with van der Waals surface area (Å²) in [6.45, 7) is 4.70. The molecule has 0 radical (unpaired) electrons. The number of halogens is 1. The minimum absolute atomic E-state index is 0. The van der Waals surface area contributed by atoms with Crippen molar-refractivity contribution in [2.75, 3.05) is 38.7 Å². The number of benzene rings is 1. The molecule has 1 aliphatic rings. The Balaban J connectivity index is 0.00000300. The van der Waals surface area contributed by atoms with Crippen molar-refractivity contribution in [3.63, 3.8) is 0 Å². The molecule has 2 N–H and O–H groups in total. The normalized spacial score (nSPS) is 16.2. The SMILES string of the molecule is CCOc1ccc(NC(=NCC2CCCO2)NCCc2ccco2)cc1OC.I. The highest BCUT2D eigenvalue weighted by Gasteiger charge is 2.15. The van der Waals surface area contributed by atoms with Crippen molar-refractivity contribution in [1.82, 2.24) is 5.32 Å². The molecule has 1 aromatic heterocycles. The summed E-state index contributed by atoms with van der Waals surface area (Å²) in [6.07, 6.45) is 4.82. The maximum atomic E-state index is 5.68. The van der Waals surface area contributed by atoms with Crippen molar-refractivity contribution in [3.8, 4) is 11.5 Å². The molecule has 1 atom stereocenters. The number of hydrogen-bond acceptors (Lipinski definition) is 5. The first-order valence-electron chi connectivity index (χ1n) is 9.78. The molecule has 160 valence electrons. The van der Waals surface area contributed by atoms with E-state index < -0.39 is 0 Å². The van der Waals surface area contributed by atoms with Gasteiger partial charge < -0.3 is 29.3 Å². The van der Waals surface area contributed by atoms with E-state index in [0.717, 1.165) is 43.1 Å². The van der Waals surface area contributed by atoms with Gasteiger partial charge in [-0.1, -0.05) is 0 Å². The highest BCUT2D eigenvalue weighted by molar-refractivity contribution is 14.0. The fourth-order valence-electron chi connectivity index (χ4n) is 3.04. The molecular weight excluding hydrogens is 485 g/mol. The van der Waals surface area contributed by atoms with E-state index in [1.54, 1.807) is 13.4 Å². The molecule has 1 fully saturated rings. The van der Waals surface area contributed by atoms with Crippen LogP contribution >= 0.6 is 24.0 Å². The number of guanidine groups is 1. The van der Waals surface area contributed by atoms with Crippen LogP contribution in [0.15, 0.2) is 46.0 Å². The fourth-order valence-corrected chi connectivity index (χ4v) is 3.04. The number of hydrogen-bond donors (Lipinski definition) is 2. The minimum atomic E-state index is 0. The van der Waals surface area contributed by atoms with E-state index in [1.807, 2.05) is 37.3 Å². The molecule has 2 aromatic rings. The van der Waals surface area contributed by atoms with E-state index in [-0.39, 0.29) is 30.1 Å². The summed E-state index contributed by atoms with van der Waals surface area (Å²) in [4.78, 5) is 4.70. The minimum Gasteiger partial charge on any atom is -0.493 e. The zero-order valence-electron chi connectivity index (χ0n) is 17.0. The van der Waals surface area contributed by atoms with Gasteiger partial charge in [0.05, 0.1) is 32.6 Å². The van der Waals surface area contributed by atoms with Crippen LogP contribution in [0.5, 0.6) is 11.5 Å². The van der Waals surface area contributed by atoms with Gasteiger partial charge in [-0.2, -0.15) is 0 Å². The molecule has 2 heterocycles. The molecule has 1 saturated heterocycles. The molecular formula is C21H30IN3O4. The Morgan fingerprint density at radius 2 is 2.17 bits per heavy atom. The molecule has 1 unspecified atom stereocenters. The van der Waals surface area contributed by atoms with E-state index in [2.05, 4.69) is 10.6 Å². The second-order valence-electron chi connectivity index (χ2n) is 6.50. The zero-order chi connectivity index (χ0) is 19.6. The third-order valence-corrected chi connectivity index (χ3v) is 4.45. The van der Waals surface area contributed by atoms with Gasteiger partial charge in [0, 0.05) is 31.3 Å². The van der Waals surface area contributed by atoms with Crippen LogP contribution in [0.1, 0.15) is 25.5 Å². The highest BCUT2D eigenvalue weighted by atomic mass is 127. The molecule has 0 bridgehead atoms. The first-order valence-corrected chi connectivity index (χ1v) is 9.78. The standard InChI is InChI=1S/C21H29N3O4.HI/c1-3-26-19-9-8-16(14-20(19)25-2)24-21(23-15-18-7-5-13-28-18)22-11-10-17-6-4-12-27-17;/h4,6,8-9,12,14,18H,3,5,7,10-11,13,15H2,1-2H3,(H2,22,23,24);1H. The van der Waals surface area contributed by atoms with Gasteiger partial charge >= 0.3 is 0 Å². The molecule has 0 spiro atoms. The first kappa shape index (κ1) is 23.3. The summed E-state index contributed by atoms with van der Waals surface area (Å²) in [5.74, 6) is 3.04. The van der Waals surface area contributed by atoms with Crippen LogP contribution in [-0.2, 0) is 11.2 Å². The van der Waals surface area contributed by atoms with Gasteiger partial charge in [-0.3, -0.25) is 4.99 Å². The lowest BCUT2D eigenvalue weighted by molar-refractivity contribution is 0.118. The second kappa shape index (κ2) is 12.6. The van der Waals surface area contributed by atoms with Crippen LogP contribution in [0.4, 0.5) is 5.69 Å². The topological polar surface area (TPSA) is 77.2 Å². The van der Waals surface area contributed by atoms with Crippen molar-refractivity contribution in [2.24, 2.45) is 4.99 Å². The van der Waals surface area contributed by atoms with E-state index in [0.29, 0.717) is 31.4 Å². The van der Waals surface area contributed by atoms with E-state index in [9.17, 15) is 0 Å².